The van der Waals surface area contributed by atoms with Crippen molar-refractivity contribution < 1.29 is 4.74 Å². The van der Waals surface area contributed by atoms with Gasteiger partial charge in [0, 0.05) is 44.9 Å². The first-order valence-corrected chi connectivity index (χ1v) is 21.8. The molecule has 0 bridgehead atoms. The topological polar surface area (TPSA) is 44.3 Å². The van der Waals surface area contributed by atoms with Crippen molar-refractivity contribution in [3.05, 3.63) is 168 Å². The molecule has 0 radical (unpaired) electrons. The van der Waals surface area contributed by atoms with Crippen molar-refractivity contribution in [3.8, 4) is 39.7 Å². The lowest BCUT2D eigenvalue weighted by atomic mass is 9.84. The Hall–Kier alpha value is -6.72. The Bertz CT molecular complexity index is 3240. The van der Waals surface area contributed by atoms with E-state index in [1.165, 1.54) is 55.2 Å². The van der Waals surface area contributed by atoms with Gasteiger partial charge in [-0.3, -0.25) is 8.97 Å². The maximum Gasteiger partial charge on any atom is 0.145 e. The van der Waals surface area contributed by atoms with Gasteiger partial charge < -0.3 is 4.74 Å². The van der Waals surface area contributed by atoms with Crippen LogP contribution in [0.5, 0.6) is 11.5 Å². The minimum absolute atomic E-state index is 0.327. The molecule has 10 rings (SSSR count). The molecule has 0 aliphatic heterocycles. The van der Waals surface area contributed by atoms with Gasteiger partial charge in [0.1, 0.15) is 23.0 Å². The van der Waals surface area contributed by atoms with Gasteiger partial charge >= 0.3 is 0 Å². The van der Waals surface area contributed by atoms with Crippen LogP contribution in [0.3, 0.4) is 0 Å². The molecular weight excluding hydrogens is 745 g/mol. The van der Waals surface area contributed by atoms with Gasteiger partial charge in [0.05, 0.1) is 28.4 Å². The van der Waals surface area contributed by atoms with Gasteiger partial charge in [0.25, 0.3) is 0 Å². The predicted molar refractivity (Wildman–Crippen MR) is 256 cm³/mol. The summed E-state index contributed by atoms with van der Waals surface area (Å²) in [5.74, 6) is 3.74. The Morgan fingerprint density at radius 2 is 1.03 bits per heavy atom. The molecule has 4 aromatic heterocycles. The SMILES string of the molecule is CC(C)c1cccc(C(C)C)c1-c1cccc2c3ccc(Oc4ccc5c6ccccc6n(-c6ccccn6)c5c4)cc3c3ncc(-c4c(C(C)C)cccc4C(C)C)n3c12. The summed E-state index contributed by atoms with van der Waals surface area (Å²) in [6, 6.07) is 48.0. The second-order valence-electron chi connectivity index (χ2n) is 17.8. The normalized spacial score (nSPS) is 12.2. The van der Waals surface area contributed by atoms with Gasteiger partial charge in [-0.2, -0.15) is 0 Å². The number of pyridine rings is 2. The number of nitrogens with zero attached hydrogens (tertiary/aromatic N) is 4. The zero-order chi connectivity index (χ0) is 42.1. The number of fused-ring (bicyclic) bond motifs is 9. The zero-order valence-corrected chi connectivity index (χ0v) is 36.4. The molecule has 0 aliphatic rings. The molecule has 0 N–H and O–H groups in total. The van der Waals surface area contributed by atoms with E-state index < -0.39 is 0 Å². The lowest BCUT2D eigenvalue weighted by molar-refractivity contribution is 0.484. The van der Waals surface area contributed by atoms with Gasteiger partial charge in [-0.1, -0.05) is 134 Å². The number of benzene rings is 6. The first kappa shape index (κ1) is 38.5. The Kier molecular flexibility index (Phi) is 9.51. The average Bonchev–Trinajstić information content (AvgIpc) is 3.85. The summed E-state index contributed by atoms with van der Waals surface area (Å²) in [5.41, 5.74) is 14.6. The maximum absolute atomic E-state index is 6.84. The van der Waals surface area contributed by atoms with E-state index >= 15 is 0 Å². The van der Waals surface area contributed by atoms with Crippen molar-refractivity contribution in [2.24, 2.45) is 0 Å². The lowest BCUT2D eigenvalue weighted by Gasteiger charge is -2.24. The van der Waals surface area contributed by atoms with E-state index in [4.69, 9.17) is 14.7 Å². The molecule has 6 aromatic carbocycles. The van der Waals surface area contributed by atoms with Crippen LogP contribution in [0.2, 0.25) is 0 Å². The number of imidazole rings is 1. The molecule has 61 heavy (non-hydrogen) atoms. The fourth-order valence-corrected chi connectivity index (χ4v) is 9.75. The van der Waals surface area contributed by atoms with Crippen LogP contribution < -0.4 is 4.74 Å². The molecule has 10 aromatic rings. The largest absolute Gasteiger partial charge is 0.457 e. The highest BCUT2D eigenvalue weighted by Crippen LogP contribution is 2.46. The van der Waals surface area contributed by atoms with Gasteiger partial charge in [-0.25, -0.2) is 9.97 Å². The number of rotatable bonds is 9. The molecule has 5 nitrogen and oxygen atoms in total. The molecule has 302 valence electrons. The third kappa shape index (κ3) is 6.29. The van der Waals surface area contributed by atoms with Crippen molar-refractivity contribution in [1.82, 2.24) is 18.9 Å². The standard InChI is InChI=1S/C56H52N4O/c1-33(2)39-17-13-18-40(34(3)4)53(39)47-22-15-21-46-43-27-25-37(61-38-26-28-45-44-16-9-10-23-49(44)59(50(45)31-38)52-24-11-12-29-57-52)30-48(43)56-58-32-51(60(56)55(46)47)54-41(35(5)6)19-14-20-42(54)36(7)8/h9-36H,1-8H3. The van der Waals surface area contributed by atoms with E-state index in [-0.39, 0.29) is 0 Å². The third-order valence-corrected chi connectivity index (χ3v) is 12.6. The maximum atomic E-state index is 6.84. The fraction of sp³-hybridized carbons (Fsp3) is 0.214. The number of para-hydroxylation sites is 2. The molecule has 4 heterocycles. The summed E-state index contributed by atoms with van der Waals surface area (Å²) in [6.07, 6.45) is 3.96. The number of hydrogen-bond acceptors (Lipinski definition) is 3. The summed E-state index contributed by atoms with van der Waals surface area (Å²) in [7, 11) is 0. The minimum Gasteiger partial charge on any atom is -0.457 e. The molecular formula is C56H52N4O. The van der Waals surface area contributed by atoms with E-state index in [9.17, 15) is 0 Å². The molecule has 0 amide bonds. The highest BCUT2D eigenvalue weighted by molar-refractivity contribution is 6.16. The molecule has 0 saturated carbocycles. The summed E-state index contributed by atoms with van der Waals surface area (Å²) in [4.78, 5) is 10.1. The fourth-order valence-electron chi connectivity index (χ4n) is 9.75. The van der Waals surface area contributed by atoms with Crippen molar-refractivity contribution in [2.45, 2.75) is 79.1 Å². The Morgan fingerprint density at radius 1 is 0.459 bits per heavy atom. The summed E-state index contributed by atoms with van der Waals surface area (Å²) in [5, 5.41) is 5.72. The smallest absolute Gasteiger partial charge is 0.145 e. The van der Waals surface area contributed by atoms with E-state index in [1.54, 1.807) is 0 Å². The van der Waals surface area contributed by atoms with Crippen molar-refractivity contribution in [2.75, 3.05) is 0 Å². The summed E-state index contributed by atoms with van der Waals surface area (Å²) in [6.45, 7) is 18.5. The Morgan fingerprint density at radius 3 is 1.69 bits per heavy atom. The van der Waals surface area contributed by atoms with Crippen LogP contribution in [0.4, 0.5) is 0 Å². The van der Waals surface area contributed by atoms with Crippen LogP contribution >= 0.6 is 0 Å². The Balaban J connectivity index is 1.25. The molecule has 0 spiro atoms. The average molecular weight is 797 g/mol. The molecule has 0 atom stereocenters. The minimum atomic E-state index is 0.327. The highest BCUT2D eigenvalue weighted by Gasteiger charge is 2.25. The van der Waals surface area contributed by atoms with Gasteiger partial charge in [-0.15, -0.1) is 0 Å². The van der Waals surface area contributed by atoms with Crippen LogP contribution in [0.1, 0.15) is 101 Å². The highest BCUT2D eigenvalue weighted by atomic mass is 16.5. The van der Waals surface area contributed by atoms with Gasteiger partial charge in [0.2, 0.25) is 0 Å². The van der Waals surface area contributed by atoms with Crippen molar-refractivity contribution in [1.29, 1.82) is 0 Å². The van der Waals surface area contributed by atoms with Gasteiger partial charge in [0.15, 0.2) is 0 Å². The molecule has 5 heteroatoms. The zero-order valence-electron chi connectivity index (χ0n) is 36.4. The summed E-state index contributed by atoms with van der Waals surface area (Å²) < 4.78 is 11.5. The summed E-state index contributed by atoms with van der Waals surface area (Å²) >= 11 is 0. The third-order valence-electron chi connectivity index (χ3n) is 12.6. The van der Waals surface area contributed by atoms with Crippen LogP contribution in [-0.4, -0.2) is 18.9 Å². The van der Waals surface area contributed by atoms with Crippen LogP contribution in [0.15, 0.2) is 146 Å². The molecule has 0 saturated heterocycles. The second kappa shape index (κ2) is 15.1. The van der Waals surface area contributed by atoms with Crippen molar-refractivity contribution in [3.63, 3.8) is 0 Å². The number of aromatic nitrogens is 4. The van der Waals surface area contributed by atoms with E-state index in [0.29, 0.717) is 23.7 Å². The quantitative estimate of drug-likeness (QED) is 0.137. The number of hydrogen-bond donors (Lipinski definition) is 0. The van der Waals surface area contributed by atoms with Gasteiger partial charge in [-0.05, 0) is 105 Å². The van der Waals surface area contributed by atoms with Crippen molar-refractivity contribution >= 4 is 49.1 Å². The monoisotopic (exact) mass is 796 g/mol. The first-order valence-electron chi connectivity index (χ1n) is 21.8. The molecule has 0 aliphatic carbocycles. The first-order chi connectivity index (χ1) is 29.6. The van der Waals surface area contributed by atoms with Crippen LogP contribution in [0.25, 0.3) is 77.3 Å². The van der Waals surface area contributed by atoms with E-state index in [0.717, 1.165) is 55.9 Å². The van der Waals surface area contributed by atoms with E-state index in [2.05, 4.69) is 192 Å². The lowest BCUT2D eigenvalue weighted by Crippen LogP contribution is -2.05. The Labute approximate surface area is 358 Å². The number of ether oxygens (including phenoxy) is 1. The van der Waals surface area contributed by atoms with E-state index in [1.807, 2.05) is 18.3 Å². The predicted octanol–water partition coefficient (Wildman–Crippen LogP) is 15.8. The molecule has 0 unspecified atom stereocenters. The van der Waals surface area contributed by atoms with Crippen LogP contribution in [-0.2, 0) is 0 Å². The molecule has 0 fully saturated rings. The van der Waals surface area contributed by atoms with Crippen LogP contribution in [0, 0.1) is 0 Å². The second-order valence-corrected chi connectivity index (χ2v) is 17.8.